The summed E-state index contributed by atoms with van der Waals surface area (Å²) >= 11 is 1.79. The van der Waals surface area contributed by atoms with E-state index in [1.165, 1.54) is 25.0 Å². The van der Waals surface area contributed by atoms with E-state index in [4.69, 9.17) is 5.73 Å². The van der Waals surface area contributed by atoms with Gasteiger partial charge in [0.2, 0.25) is 0 Å². The van der Waals surface area contributed by atoms with Crippen LogP contribution in [0.1, 0.15) is 12.8 Å². The fourth-order valence-electron chi connectivity index (χ4n) is 1.65. The molecule has 1 aliphatic carbocycles. The normalized spacial score (nSPS) is 15.2. The van der Waals surface area contributed by atoms with Crippen molar-refractivity contribution >= 4 is 23.4 Å². The largest absolute Gasteiger partial charge is 0.353 e. The topological polar surface area (TPSA) is 62.4 Å². The zero-order valence-corrected chi connectivity index (χ0v) is 12.3. The molecule has 0 aromatic heterocycles. The number of aliphatic imine (C=N–C) groups is 1. The first-order chi connectivity index (χ1) is 9.78. The lowest BCUT2D eigenvalue weighted by atomic mass is 10.3. The number of guanidine groups is 1. The minimum absolute atomic E-state index is 0.251. The molecule has 0 heterocycles. The zero-order valence-electron chi connectivity index (χ0n) is 11.4. The van der Waals surface area contributed by atoms with Crippen LogP contribution in [0.25, 0.3) is 0 Å². The maximum absolute atomic E-state index is 13.2. The van der Waals surface area contributed by atoms with Gasteiger partial charge in [-0.2, -0.15) is 11.8 Å². The maximum atomic E-state index is 13.2. The van der Waals surface area contributed by atoms with Gasteiger partial charge in [0.25, 0.3) is 0 Å². The van der Waals surface area contributed by atoms with E-state index in [1.54, 1.807) is 17.8 Å². The molecule has 1 aromatic rings. The van der Waals surface area contributed by atoms with Crippen molar-refractivity contribution < 1.29 is 4.39 Å². The average molecular weight is 296 g/mol. The van der Waals surface area contributed by atoms with Gasteiger partial charge in [0.15, 0.2) is 5.96 Å². The Kier molecular flexibility index (Phi) is 6.14. The van der Waals surface area contributed by atoms with Gasteiger partial charge in [0.1, 0.15) is 5.82 Å². The highest BCUT2D eigenvalue weighted by molar-refractivity contribution is 7.99. The van der Waals surface area contributed by atoms with Crippen LogP contribution >= 0.6 is 11.8 Å². The summed E-state index contributed by atoms with van der Waals surface area (Å²) in [5.41, 5.74) is 6.16. The molecular weight excluding hydrogens is 275 g/mol. The van der Waals surface area contributed by atoms with Crippen LogP contribution in [0, 0.1) is 5.82 Å². The molecule has 0 atom stereocenters. The molecule has 2 rings (SSSR count). The van der Waals surface area contributed by atoms with E-state index in [1.807, 2.05) is 6.07 Å². The second-order valence-corrected chi connectivity index (χ2v) is 5.91. The Morgan fingerprint density at radius 3 is 2.95 bits per heavy atom. The molecule has 4 N–H and O–H groups in total. The predicted octanol–water partition coefficient (Wildman–Crippen LogP) is 2.04. The molecular formula is C14H21FN4S. The molecule has 0 radical (unpaired) electrons. The van der Waals surface area contributed by atoms with Crippen molar-refractivity contribution in [2.45, 2.75) is 18.9 Å². The number of nitrogens with one attached hydrogen (secondary N) is 2. The summed E-state index contributed by atoms with van der Waals surface area (Å²) < 4.78 is 13.2. The molecule has 1 saturated carbocycles. The fourth-order valence-corrected chi connectivity index (χ4v) is 2.24. The van der Waals surface area contributed by atoms with Crippen molar-refractivity contribution in [2.24, 2.45) is 10.7 Å². The van der Waals surface area contributed by atoms with Gasteiger partial charge >= 0.3 is 0 Å². The first-order valence-electron chi connectivity index (χ1n) is 6.89. The van der Waals surface area contributed by atoms with Gasteiger partial charge in [-0.15, -0.1) is 0 Å². The number of thioether (sulfide) groups is 1. The highest BCUT2D eigenvalue weighted by atomic mass is 32.2. The van der Waals surface area contributed by atoms with E-state index in [0.717, 1.165) is 24.0 Å². The molecule has 0 aliphatic heterocycles. The summed E-state index contributed by atoms with van der Waals surface area (Å²) in [4.78, 5) is 4.51. The van der Waals surface area contributed by atoms with Crippen molar-refractivity contribution in [1.82, 2.24) is 5.32 Å². The fraction of sp³-hybridized carbons (Fsp3) is 0.500. The van der Waals surface area contributed by atoms with Gasteiger partial charge < -0.3 is 16.4 Å². The predicted molar refractivity (Wildman–Crippen MR) is 84.9 cm³/mol. The Hall–Kier alpha value is -1.27. The van der Waals surface area contributed by atoms with Crippen molar-refractivity contribution in [2.75, 3.05) is 29.9 Å². The lowest BCUT2D eigenvalue weighted by Crippen LogP contribution is -2.32. The van der Waals surface area contributed by atoms with Crippen LogP contribution in [0.5, 0.6) is 0 Å². The van der Waals surface area contributed by atoms with Crippen molar-refractivity contribution in [3.63, 3.8) is 0 Å². The van der Waals surface area contributed by atoms with Crippen LogP contribution in [0.3, 0.4) is 0 Å². The second kappa shape index (κ2) is 8.11. The number of hydrogen-bond donors (Lipinski definition) is 3. The molecule has 1 fully saturated rings. The molecule has 20 heavy (non-hydrogen) atoms. The van der Waals surface area contributed by atoms with Gasteiger partial charge in [-0.25, -0.2) is 4.39 Å². The first kappa shape index (κ1) is 15.1. The molecule has 1 aliphatic rings. The van der Waals surface area contributed by atoms with Crippen LogP contribution in [0.15, 0.2) is 29.3 Å². The third-order valence-corrected chi connectivity index (χ3v) is 3.77. The summed E-state index contributed by atoms with van der Waals surface area (Å²) in [5.74, 6) is 2.38. The lowest BCUT2D eigenvalue weighted by molar-refractivity contribution is 0.628. The number of benzene rings is 1. The summed E-state index contributed by atoms with van der Waals surface area (Å²) in [5, 5.41) is 6.48. The van der Waals surface area contributed by atoms with E-state index < -0.39 is 0 Å². The third kappa shape index (κ3) is 5.79. The van der Waals surface area contributed by atoms with Crippen molar-refractivity contribution in [1.29, 1.82) is 0 Å². The van der Waals surface area contributed by atoms with Gasteiger partial charge in [-0.3, -0.25) is 4.99 Å². The van der Waals surface area contributed by atoms with E-state index in [2.05, 4.69) is 15.6 Å². The number of nitrogens with two attached hydrogens (primary N) is 1. The number of halogens is 1. The smallest absolute Gasteiger partial charge is 0.196 e. The molecule has 110 valence electrons. The number of hydrogen-bond acceptors (Lipinski definition) is 3. The van der Waals surface area contributed by atoms with Crippen LogP contribution in [0.2, 0.25) is 0 Å². The molecule has 4 nitrogen and oxygen atoms in total. The molecule has 6 heteroatoms. The second-order valence-electron chi connectivity index (χ2n) is 4.69. The summed E-state index contributed by atoms with van der Waals surface area (Å²) in [6, 6.07) is 6.92. The Bertz CT molecular complexity index is 449. The monoisotopic (exact) mass is 296 g/mol. The number of rotatable bonds is 7. The minimum atomic E-state index is -0.251. The molecule has 1 aromatic carbocycles. The molecule has 0 saturated heterocycles. The van der Waals surface area contributed by atoms with Crippen molar-refractivity contribution in [3.8, 4) is 0 Å². The Morgan fingerprint density at radius 1 is 1.40 bits per heavy atom. The van der Waals surface area contributed by atoms with Crippen LogP contribution in [-0.4, -0.2) is 36.6 Å². The van der Waals surface area contributed by atoms with E-state index in [0.29, 0.717) is 18.3 Å². The summed E-state index contributed by atoms with van der Waals surface area (Å²) in [7, 11) is 0. The summed E-state index contributed by atoms with van der Waals surface area (Å²) in [6.45, 7) is 1.42. The Balaban J connectivity index is 1.87. The highest BCUT2D eigenvalue weighted by Gasteiger charge is 2.22. The maximum Gasteiger partial charge on any atom is 0.196 e. The van der Waals surface area contributed by atoms with Crippen LogP contribution in [0.4, 0.5) is 10.1 Å². The quantitative estimate of drug-likeness (QED) is 0.409. The molecule has 0 unspecified atom stereocenters. The van der Waals surface area contributed by atoms with E-state index in [-0.39, 0.29) is 5.82 Å². The van der Waals surface area contributed by atoms with Crippen LogP contribution in [-0.2, 0) is 0 Å². The van der Waals surface area contributed by atoms with Crippen molar-refractivity contribution in [3.05, 3.63) is 30.1 Å². The standard InChI is InChI=1S/C14H21FN4S/c15-11-2-1-3-13(10-11)19-14(18-12-4-5-12)17-7-9-20-8-6-16/h1-3,10,12H,4-9,16H2,(H2,17,18,19). The molecule has 0 amide bonds. The zero-order chi connectivity index (χ0) is 14.2. The first-order valence-corrected chi connectivity index (χ1v) is 8.05. The van der Waals surface area contributed by atoms with E-state index >= 15 is 0 Å². The molecule has 0 spiro atoms. The lowest BCUT2D eigenvalue weighted by Gasteiger charge is -2.12. The van der Waals surface area contributed by atoms with Gasteiger partial charge in [0, 0.05) is 29.8 Å². The SMILES string of the molecule is NCCSCCN=C(Nc1cccc(F)c1)NC1CC1. The minimum Gasteiger partial charge on any atom is -0.353 e. The number of anilines is 1. The van der Waals surface area contributed by atoms with Crippen LogP contribution < -0.4 is 16.4 Å². The van der Waals surface area contributed by atoms with Gasteiger partial charge in [-0.1, -0.05) is 6.07 Å². The number of nitrogens with zero attached hydrogens (tertiary/aromatic N) is 1. The summed E-state index contributed by atoms with van der Waals surface area (Å²) in [6.07, 6.45) is 2.34. The van der Waals surface area contributed by atoms with Gasteiger partial charge in [-0.05, 0) is 31.0 Å². The van der Waals surface area contributed by atoms with Gasteiger partial charge in [0.05, 0.1) is 6.54 Å². The van der Waals surface area contributed by atoms with E-state index in [9.17, 15) is 4.39 Å². The Morgan fingerprint density at radius 2 is 2.25 bits per heavy atom. The third-order valence-electron chi connectivity index (χ3n) is 2.77. The Labute approximate surface area is 123 Å². The highest BCUT2D eigenvalue weighted by Crippen LogP contribution is 2.19. The average Bonchev–Trinajstić information content (AvgIpc) is 3.22. The molecule has 0 bridgehead atoms.